The van der Waals surface area contributed by atoms with Gasteiger partial charge in [0.15, 0.2) is 0 Å². The average molecular weight is 588 g/mol. The van der Waals surface area contributed by atoms with E-state index in [1.165, 1.54) is 11.8 Å². The lowest BCUT2D eigenvalue weighted by Gasteiger charge is -2.13. The monoisotopic (exact) mass is 587 g/mol. The Hall–Kier alpha value is -5.34. The zero-order chi connectivity index (χ0) is 30.0. The van der Waals surface area contributed by atoms with Crippen LogP contribution < -0.4 is 20.7 Å². The van der Waals surface area contributed by atoms with Gasteiger partial charge in [0.1, 0.15) is 11.4 Å². The van der Waals surface area contributed by atoms with Gasteiger partial charge in [-0.2, -0.15) is 0 Å². The van der Waals surface area contributed by atoms with Crippen molar-refractivity contribution in [2.24, 2.45) is 0 Å². The van der Waals surface area contributed by atoms with E-state index in [4.69, 9.17) is 4.74 Å². The quantitative estimate of drug-likeness (QED) is 0.121. The summed E-state index contributed by atoms with van der Waals surface area (Å²) in [6.07, 6.45) is 1.68. The van der Waals surface area contributed by atoms with E-state index in [2.05, 4.69) is 16.0 Å². The third kappa shape index (κ3) is 7.90. The number of thioether (sulfide) groups is 1. The summed E-state index contributed by atoms with van der Waals surface area (Å²) in [7, 11) is 1.59. The van der Waals surface area contributed by atoms with Gasteiger partial charge in [-0.05, 0) is 77.0 Å². The highest BCUT2D eigenvalue weighted by atomic mass is 32.2. The predicted molar refractivity (Wildman–Crippen MR) is 173 cm³/mol. The van der Waals surface area contributed by atoms with Crippen molar-refractivity contribution in [3.63, 3.8) is 0 Å². The molecular weight excluding hydrogens is 558 g/mol. The molecule has 5 aromatic carbocycles. The van der Waals surface area contributed by atoms with Crippen LogP contribution >= 0.6 is 11.8 Å². The van der Waals surface area contributed by atoms with Gasteiger partial charge in [0.25, 0.3) is 11.8 Å². The third-order valence-electron chi connectivity index (χ3n) is 6.49. The molecule has 0 aliphatic rings. The molecule has 0 radical (unpaired) electrons. The SMILES string of the molecule is COc1ccc(NC(=O)CSc2cccc(NC(=O)/C(=C\c3cccc4ccccc34)NC(=O)c3ccccc3)c2)cc1. The van der Waals surface area contributed by atoms with Gasteiger partial charge in [-0.25, -0.2) is 0 Å². The maximum Gasteiger partial charge on any atom is 0.272 e. The Bertz CT molecular complexity index is 1780. The summed E-state index contributed by atoms with van der Waals surface area (Å²) >= 11 is 1.34. The molecule has 0 aliphatic carbocycles. The van der Waals surface area contributed by atoms with Gasteiger partial charge < -0.3 is 20.7 Å². The summed E-state index contributed by atoms with van der Waals surface area (Å²) < 4.78 is 5.15. The van der Waals surface area contributed by atoms with Crippen LogP contribution in [0.5, 0.6) is 5.75 Å². The van der Waals surface area contributed by atoms with Crippen LogP contribution in [0, 0.1) is 0 Å². The van der Waals surface area contributed by atoms with Crippen molar-refractivity contribution >= 4 is 57.7 Å². The van der Waals surface area contributed by atoms with E-state index in [1.54, 1.807) is 79.9 Å². The minimum absolute atomic E-state index is 0.0992. The molecule has 0 saturated heterocycles. The van der Waals surface area contributed by atoms with E-state index in [0.29, 0.717) is 22.7 Å². The number of amides is 3. The van der Waals surface area contributed by atoms with Crippen LogP contribution in [-0.2, 0) is 9.59 Å². The zero-order valence-electron chi connectivity index (χ0n) is 23.4. The van der Waals surface area contributed by atoms with Gasteiger partial charge in [0.2, 0.25) is 5.91 Å². The first-order valence-corrected chi connectivity index (χ1v) is 14.5. The normalized spacial score (nSPS) is 11.0. The van der Waals surface area contributed by atoms with Crippen molar-refractivity contribution in [1.29, 1.82) is 0 Å². The Morgan fingerprint density at radius 3 is 2.26 bits per heavy atom. The van der Waals surface area contributed by atoms with Gasteiger partial charge in [-0.1, -0.05) is 66.7 Å². The summed E-state index contributed by atoms with van der Waals surface area (Å²) in [5, 5.41) is 10.5. The zero-order valence-corrected chi connectivity index (χ0v) is 24.2. The summed E-state index contributed by atoms with van der Waals surface area (Å²) in [4.78, 5) is 39.9. The molecular formula is C35H29N3O4S. The molecule has 7 nitrogen and oxygen atoms in total. The highest BCUT2D eigenvalue weighted by Crippen LogP contribution is 2.24. The molecule has 0 bridgehead atoms. The number of ether oxygens (including phenoxy) is 1. The number of hydrogen-bond acceptors (Lipinski definition) is 5. The Labute approximate surface area is 254 Å². The molecule has 0 heterocycles. The molecule has 0 saturated carbocycles. The minimum Gasteiger partial charge on any atom is -0.497 e. The summed E-state index contributed by atoms with van der Waals surface area (Å²) in [6, 6.07) is 36.7. The molecule has 0 aliphatic heterocycles. The first-order valence-electron chi connectivity index (χ1n) is 13.5. The van der Waals surface area contributed by atoms with Gasteiger partial charge in [-0.15, -0.1) is 11.8 Å². The highest BCUT2D eigenvalue weighted by Gasteiger charge is 2.16. The van der Waals surface area contributed by atoms with Crippen molar-refractivity contribution in [3.05, 3.63) is 138 Å². The molecule has 8 heteroatoms. The largest absolute Gasteiger partial charge is 0.497 e. The van der Waals surface area contributed by atoms with Crippen LogP contribution in [0.2, 0.25) is 0 Å². The number of carbonyl (C=O) groups excluding carboxylic acids is 3. The van der Waals surface area contributed by atoms with Gasteiger partial charge in [0.05, 0.1) is 12.9 Å². The third-order valence-corrected chi connectivity index (χ3v) is 7.48. The fourth-order valence-corrected chi connectivity index (χ4v) is 5.11. The molecule has 43 heavy (non-hydrogen) atoms. The highest BCUT2D eigenvalue weighted by molar-refractivity contribution is 8.00. The maximum absolute atomic E-state index is 13.6. The van der Waals surface area contributed by atoms with Crippen molar-refractivity contribution < 1.29 is 19.1 Å². The predicted octanol–water partition coefficient (Wildman–Crippen LogP) is 6.99. The second-order valence-corrected chi connectivity index (χ2v) is 10.5. The van der Waals surface area contributed by atoms with E-state index < -0.39 is 11.8 Å². The number of rotatable bonds is 10. The molecule has 0 atom stereocenters. The average Bonchev–Trinajstić information content (AvgIpc) is 3.04. The van der Waals surface area contributed by atoms with Crippen LogP contribution in [0.1, 0.15) is 15.9 Å². The van der Waals surface area contributed by atoms with Crippen LogP contribution in [0.3, 0.4) is 0 Å². The molecule has 3 amide bonds. The number of fused-ring (bicyclic) bond motifs is 1. The lowest BCUT2D eigenvalue weighted by atomic mass is 10.0. The summed E-state index contributed by atoms with van der Waals surface area (Å²) in [5.74, 6) is -0.136. The lowest BCUT2D eigenvalue weighted by Crippen LogP contribution is -2.30. The van der Waals surface area contributed by atoms with Crippen molar-refractivity contribution in [2.45, 2.75) is 4.90 Å². The second-order valence-electron chi connectivity index (χ2n) is 9.49. The molecule has 0 fully saturated rings. The number of anilines is 2. The topological polar surface area (TPSA) is 96.5 Å². The van der Waals surface area contributed by atoms with Crippen LogP contribution in [0.15, 0.2) is 132 Å². The van der Waals surface area contributed by atoms with Crippen molar-refractivity contribution in [1.82, 2.24) is 5.32 Å². The van der Waals surface area contributed by atoms with Gasteiger partial charge >= 0.3 is 0 Å². The van der Waals surface area contributed by atoms with E-state index in [1.807, 2.05) is 54.6 Å². The molecule has 0 spiro atoms. The maximum atomic E-state index is 13.6. The Morgan fingerprint density at radius 2 is 1.47 bits per heavy atom. The van der Waals surface area contributed by atoms with Crippen molar-refractivity contribution in [2.75, 3.05) is 23.5 Å². The second kappa shape index (κ2) is 14.0. The Morgan fingerprint density at radius 1 is 0.744 bits per heavy atom. The minimum atomic E-state index is -0.475. The number of methoxy groups -OCH3 is 1. The number of carbonyl (C=O) groups is 3. The van der Waals surface area contributed by atoms with E-state index in [0.717, 1.165) is 21.2 Å². The number of nitrogens with one attached hydrogen (secondary N) is 3. The smallest absolute Gasteiger partial charge is 0.272 e. The Balaban J connectivity index is 1.31. The molecule has 0 aromatic heterocycles. The summed E-state index contributed by atoms with van der Waals surface area (Å²) in [5.41, 5.74) is 2.54. The first-order chi connectivity index (χ1) is 21.0. The standard InChI is InChI=1S/C35H29N3O4S/c1-42-29-19-17-27(18-20-29)36-33(39)23-43-30-15-8-14-28(22-30)37-35(41)32(38-34(40)25-10-3-2-4-11-25)21-26-13-7-12-24-9-5-6-16-31(24)26/h2-22H,23H2,1H3,(H,36,39)(H,37,41)(H,38,40)/b32-21+. The molecule has 3 N–H and O–H groups in total. The Kier molecular flexibility index (Phi) is 9.51. The van der Waals surface area contributed by atoms with Crippen LogP contribution in [0.4, 0.5) is 11.4 Å². The fourth-order valence-electron chi connectivity index (χ4n) is 4.36. The first kappa shape index (κ1) is 29.2. The van der Waals surface area contributed by atoms with E-state index in [-0.39, 0.29) is 17.4 Å². The summed E-state index contributed by atoms with van der Waals surface area (Å²) in [6.45, 7) is 0. The van der Waals surface area contributed by atoms with E-state index in [9.17, 15) is 14.4 Å². The number of hydrogen-bond donors (Lipinski definition) is 3. The molecule has 5 aromatic rings. The molecule has 0 unspecified atom stereocenters. The number of benzene rings is 5. The van der Waals surface area contributed by atoms with Crippen LogP contribution in [-0.4, -0.2) is 30.6 Å². The molecule has 5 rings (SSSR count). The van der Waals surface area contributed by atoms with E-state index >= 15 is 0 Å². The van der Waals surface area contributed by atoms with Crippen molar-refractivity contribution in [3.8, 4) is 5.75 Å². The van der Waals surface area contributed by atoms with Gasteiger partial charge in [-0.3, -0.25) is 14.4 Å². The van der Waals surface area contributed by atoms with Crippen LogP contribution in [0.25, 0.3) is 16.8 Å². The van der Waals surface area contributed by atoms with Gasteiger partial charge in [0, 0.05) is 21.8 Å². The molecule has 214 valence electrons. The fraction of sp³-hybridized carbons (Fsp3) is 0.0571. The lowest BCUT2D eigenvalue weighted by molar-refractivity contribution is -0.114.